The number of nitrogens with zero attached hydrogens (tertiary/aromatic N) is 1. The number of amides is 2. The third-order valence-corrected chi connectivity index (χ3v) is 4.54. The summed E-state index contributed by atoms with van der Waals surface area (Å²) in [7, 11) is 3.71. The fraction of sp³-hybridized carbons (Fsp3) is 0.571. The van der Waals surface area contributed by atoms with Gasteiger partial charge in [-0.05, 0) is 24.7 Å². The van der Waals surface area contributed by atoms with Gasteiger partial charge in [-0.25, -0.2) is 0 Å². The molecule has 23 heavy (non-hydrogen) atoms. The van der Waals surface area contributed by atoms with E-state index in [0.717, 1.165) is 0 Å². The molecule has 130 valence electrons. The Morgan fingerprint density at radius 1 is 1.52 bits per heavy atom. The molecule has 1 saturated heterocycles. The molecular formula is C14H23N2O6P. The summed E-state index contributed by atoms with van der Waals surface area (Å²) in [5.41, 5.74) is -0.796. The van der Waals surface area contributed by atoms with E-state index < -0.39 is 19.9 Å². The molecule has 1 aliphatic rings. The highest BCUT2D eigenvalue weighted by molar-refractivity contribution is 7.50. The van der Waals surface area contributed by atoms with Gasteiger partial charge in [-0.3, -0.25) is 14.9 Å². The molecule has 1 fully saturated rings. The highest BCUT2D eigenvalue weighted by atomic mass is 31.2. The van der Waals surface area contributed by atoms with Crippen LogP contribution < -0.4 is 5.32 Å². The molecule has 9 heteroatoms. The SMILES string of the molecule is COP(/C=C/C1(CO)CCC(N(C)/C=C\C(=O)NC=O)O1)OC. The normalized spacial score (nSPS) is 24.7. The zero-order valence-electron chi connectivity index (χ0n) is 13.5. The third-order valence-electron chi connectivity index (χ3n) is 3.43. The summed E-state index contributed by atoms with van der Waals surface area (Å²) >= 11 is 0. The molecule has 0 aliphatic carbocycles. The van der Waals surface area contributed by atoms with Crippen LogP contribution in [0.3, 0.4) is 0 Å². The van der Waals surface area contributed by atoms with Crippen molar-refractivity contribution in [1.82, 2.24) is 10.2 Å². The monoisotopic (exact) mass is 346 g/mol. The number of hydrogen-bond donors (Lipinski definition) is 2. The van der Waals surface area contributed by atoms with Gasteiger partial charge in [0.15, 0.2) is 8.38 Å². The van der Waals surface area contributed by atoms with E-state index in [9.17, 15) is 14.7 Å². The van der Waals surface area contributed by atoms with Crippen LogP contribution in [0.15, 0.2) is 24.2 Å². The highest BCUT2D eigenvalue weighted by Gasteiger charge is 2.39. The lowest BCUT2D eigenvalue weighted by molar-refractivity contribution is -0.121. The van der Waals surface area contributed by atoms with Crippen molar-refractivity contribution in [2.75, 3.05) is 27.9 Å². The van der Waals surface area contributed by atoms with Gasteiger partial charge in [-0.1, -0.05) is 0 Å². The minimum absolute atomic E-state index is 0.167. The minimum atomic E-state index is -1.14. The molecule has 1 rings (SSSR count). The summed E-state index contributed by atoms with van der Waals surface area (Å²) in [4.78, 5) is 23.1. The maximum atomic E-state index is 11.2. The largest absolute Gasteiger partial charge is 0.393 e. The molecule has 0 aromatic carbocycles. The molecule has 8 nitrogen and oxygen atoms in total. The topological polar surface area (TPSA) is 97.3 Å². The van der Waals surface area contributed by atoms with Gasteiger partial charge in [0, 0.05) is 33.5 Å². The van der Waals surface area contributed by atoms with Crippen molar-refractivity contribution in [1.29, 1.82) is 0 Å². The van der Waals surface area contributed by atoms with Crippen LogP contribution in [0.4, 0.5) is 0 Å². The van der Waals surface area contributed by atoms with E-state index in [2.05, 4.69) is 0 Å². The van der Waals surface area contributed by atoms with E-state index >= 15 is 0 Å². The van der Waals surface area contributed by atoms with Gasteiger partial charge >= 0.3 is 0 Å². The number of imide groups is 1. The molecule has 1 heterocycles. The molecule has 0 spiro atoms. The lowest BCUT2D eigenvalue weighted by Crippen LogP contribution is -2.35. The number of carbonyl (C=O) groups is 2. The first kappa shape index (κ1) is 19.7. The predicted octanol–water partition coefficient (Wildman–Crippen LogP) is 0.690. The summed E-state index contributed by atoms with van der Waals surface area (Å²) in [6.07, 6.45) is 5.87. The second-order valence-corrected chi connectivity index (χ2v) is 6.51. The Balaban J connectivity index is 2.66. The fourth-order valence-electron chi connectivity index (χ4n) is 2.12. The minimum Gasteiger partial charge on any atom is -0.393 e. The van der Waals surface area contributed by atoms with Crippen molar-refractivity contribution >= 4 is 20.7 Å². The van der Waals surface area contributed by atoms with Crippen LogP contribution in [-0.4, -0.2) is 62.0 Å². The van der Waals surface area contributed by atoms with E-state index in [1.54, 1.807) is 38.1 Å². The highest BCUT2D eigenvalue weighted by Crippen LogP contribution is 2.41. The number of rotatable bonds is 9. The van der Waals surface area contributed by atoms with Gasteiger partial charge in [0.2, 0.25) is 6.41 Å². The van der Waals surface area contributed by atoms with Crippen molar-refractivity contribution in [3.8, 4) is 0 Å². The molecule has 2 atom stereocenters. The molecule has 0 aromatic heterocycles. The Hall–Kier alpha value is -1.31. The van der Waals surface area contributed by atoms with Crippen molar-refractivity contribution in [2.45, 2.75) is 24.7 Å². The summed E-state index contributed by atoms with van der Waals surface area (Å²) in [6.45, 7) is -0.167. The zero-order valence-corrected chi connectivity index (χ0v) is 14.4. The first-order valence-corrected chi connectivity index (χ1v) is 8.24. The van der Waals surface area contributed by atoms with Crippen molar-refractivity contribution in [3.63, 3.8) is 0 Å². The van der Waals surface area contributed by atoms with Crippen LogP contribution in [-0.2, 0) is 23.4 Å². The quantitative estimate of drug-likeness (QED) is 0.360. The molecular weight excluding hydrogens is 323 g/mol. The maximum absolute atomic E-state index is 11.2. The average Bonchev–Trinajstić information content (AvgIpc) is 2.99. The molecule has 0 radical (unpaired) electrons. The van der Waals surface area contributed by atoms with E-state index in [1.165, 1.54) is 12.3 Å². The number of nitrogens with one attached hydrogen (secondary N) is 1. The first-order chi connectivity index (χ1) is 11.0. The van der Waals surface area contributed by atoms with Gasteiger partial charge in [0.25, 0.3) is 5.91 Å². The first-order valence-electron chi connectivity index (χ1n) is 7.00. The second-order valence-electron chi connectivity index (χ2n) is 4.91. The zero-order chi connectivity index (χ0) is 17.3. The number of hydrogen-bond acceptors (Lipinski definition) is 7. The molecule has 1 aliphatic heterocycles. The Kier molecular flexibility index (Phi) is 8.36. The van der Waals surface area contributed by atoms with Crippen LogP contribution in [0.25, 0.3) is 0 Å². The average molecular weight is 346 g/mol. The molecule has 2 N–H and O–H groups in total. The molecule has 0 saturated carbocycles. The standard InChI is InChI=1S/C14H23N2O6P/c1-16(8-5-12(19)15-11-18)13-4-6-14(10-17,22-13)7-9-23(20-2)21-3/h5,7-9,11,13,17H,4,6,10H2,1-3H3,(H,15,18,19)/b8-5-,9-7+. The summed E-state index contributed by atoms with van der Waals surface area (Å²) in [5.74, 6) is 1.24. The summed E-state index contributed by atoms with van der Waals surface area (Å²) < 4.78 is 16.2. The Morgan fingerprint density at radius 3 is 2.78 bits per heavy atom. The molecule has 2 amide bonds. The van der Waals surface area contributed by atoms with Crippen LogP contribution in [0.1, 0.15) is 12.8 Å². The molecule has 0 bridgehead atoms. The fourth-order valence-corrected chi connectivity index (χ4v) is 2.90. The van der Waals surface area contributed by atoms with E-state index in [1.807, 2.05) is 5.32 Å². The maximum Gasteiger partial charge on any atom is 0.251 e. The number of ether oxygens (including phenoxy) is 1. The van der Waals surface area contributed by atoms with Crippen molar-refractivity contribution in [3.05, 3.63) is 24.2 Å². The Labute approximate surface area is 137 Å². The van der Waals surface area contributed by atoms with Crippen molar-refractivity contribution < 1.29 is 28.5 Å². The smallest absolute Gasteiger partial charge is 0.251 e. The van der Waals surface area contributed by atoms with Gasteiger partial charge in [-0.15, -0.1) is 0 Å². The van der Waals surface area contributed by atoms with Crippen LogP contribution in [0.5, 0.6) is 0 Å². The second kappa shape index (κ2) is 9.75. The lowest BCUT2D eigenvalue weighted by atomic mass is 10.0. The van der Waals surface area contributed by atoms with Crippen LogP contribution in [0, 0.1) is 0 Å². The Morgan fingerprint density at radius 2 is 2.22 bits per heavy atom. The lowest BCUT2D eigenvalue weighted by Gasteiger charge is -2.27. The van der Waals surface area contributed by atoms with E-state index in [4.69, 9.17) is 13.8 Å². The van der Waals surface area contributed by atoms with Gasteiger partial charge < -0.3 is 23.8 Å². The third kappa shape index (κ3) is 6.01. The molecule has 0 aromatic rings. The van der Waals surface area contributed by atoms with E-state index in [-0.39, 0.29) is 12.8 Å². The van der Waals surface area contributed by atoms with Gasteiger partial charge in [0.05, 0.1) is 6.61 Å². The van der Waals surface area contributed by atoms with Gasteiger partial charge in [0.1, 0.15) is 11.8 Å². The number of aliphatic hydroxyl groups is 1. The Bertz CT molecular complexity index is 455. The summed E-state index contributed by atoms with van der Waals surface area (Å²) in [6, 6.07) is 0. The van der Waals surface area contributed by atoms with Gasteiger partial charge in [-0.2, -0.15) is 0 Å². The van der Waals surface area contributed by atoms with Crippen LogP contribution >= 0.6 is 8.38 Å². The number of aliphatic hydroxyl groups excluding tert-OH is 1. The van der Waals surface area contributed by atoms with Crippen LogP contribution in [0.2, 0.25) is 0 Å². The van der Waals surface area contributed by atoms with E-state index in [0.29, 0.717) is 19.3 Å². The summed E-state index contributed by atoms with van der Waals surface area (Å²) in [5, 5.41) is 11.7. The predicted molar refractivity (Wildman–Crippen MR) is 85.1 cm³/mol. The number of carbonyl (C=O) groups excluding carboxylic acids is 2. The van der Waals surface area contributed by atoms with Crippen molar-refractivity contribution in [2.24, 2.45) is 0 Å². The molecule has 2 unspecified atom stereocenters.